The summed E-state index contributed by atoms with van der Waals surface area (Å²) in [5, 5.41) is 3.41. The monoisotopic (exact) mass is 331 g/mol. The van der Waals surface area contributed by atoms with E-state index < -0.39 is 0 Å². The summed E-state index contributed by atoms with van der Waals surface area (Å²) >= 11 is 3.49. The molecule has 0 amide bonds. The van der Waals surface area contributed by atoms with E-state index in [4.69, 9.17) is 14.2 Å². The molecular weight excluding hydrogens is 310 g/mol. The lowest BCUT2D eigenvalue weighted by Crippen LogP contribution is -2.23. The van der Waals surface area contributed by atoms with E-state index in [0.717, 1.165) is 16.8 Å². The number of methoxy groups -OCH3 is 2. The first-order valence-electron chi connectivity index (χ1n) is 6.32. The summed E-state index contributed by atoms with van der Waals surface area (Å²) in [6, 6.07) is 6.37. The molecule has 0 aliphatic rings. The van der Waals surface area contributed by atoms with Crippen molar-refractivity contribution in [3.8, 4) is 5.75 Å². The van der Waals surface area contributed by atoms with E-state index in [2.05, 4.69) is 40.3 Å². The highest BCUT2D eigenvalue weighted by molar-refractivity contribution is 9.10. The Labute approximate surface area is 123 Å². The molecule has 1 unspecified atom stereocenters. The standard InChI is InChI=1S/C14H22BrNO3/c1-11(16-6-7-19-9-8-17-2)12-4-5-14(18-3)13(15)10-12/h4-5,10-11,16H,6-9H2,1-3H3. The van der Waals surface area contributed by atoms with Gasteiger partial charge >= 0.3 is 0 Å². The highest BCUT2D eigenvalue weighted by atomic mass is 79.9. The molecule has 1 aromatic rings. The molecule has 19 heavy (non-hydrogen) atoms. The van der Waals surface area contributed by atoms with Crippen molar-refractivity contribution in [2.75, 3.05) is 40.6 Å². The topological polar surface area (TPSA) is 39.7 Å². The highest BCUT2D eigenvalue weighted by Gasteiger charge is 2.07. The zero-order valence-corrected chi connectivity index (χ0v) is 13.3. The third-order valence-corrected chi connectivity index (χ3v) is 3.42. The van der Waals surface area contributed by atoms with Gasteiger partial charge in [0.15, 0.2) is 0 Å². The first-order valence-corrected chi connectivity index (χ1v) is 7.11. The zero-order valence-electron chi connectivity index (χ0n) is 11.7. The summed E-state index contributed by atoms with van der Waals surface area (Å²) in [6.07, 6.45) is 0. The maximum Gasteiger partial charge on any atom is 0.133 e. The Hall–Kier alpha value is -0.620. The molecule has 0 heterocycles. The Bertz CT molecular complexity index is 374. The van der Waals surface area contributed by atoms with Crippen LogP contribution >= 0.6 is 15.9 Å². The van der Waals surface area contributed by atoms with E-state index in [0.29, 0.717) is 19.8 Å². The molecule has 4 nitrogen and oxygen atoms in total. The van der Waals surface area contributed by atoms with Gasteiger partial charge in [0.25, 0.3) is 0 Å². The average molecular weight is 332 g/mol. The Kier molecular flexibility index (Phi) is 8.05. The predicted octanol–water partition coefficient (Wildman–Crippen LogP) is 2.77. The molecule has 0 spiro atoms. The minimum atomic E-state index is 0.272. The van der Waals surface area contributed by atoms with Gasteiger partial charge in [0.1, 0.15) is 5.75 Å². The molecule has 0 aliphatic carbocycles. The number of nitrogens with one attached hydrogen (secondary N) is 1. The van der Waals surface area contributed by atoms with E-state index >= 15 is 0 Å². The summed E-state index contributed by atoms with van der Waals surface area (Å²) in [5.74, 6) is 0.846. The molecule has 1 rings (SSSR count). The van der Waals surface area contributed by atoms with Crippen LogP contribution in [0.15, 0.2) is 22.7 Å². The first-order chi connectivity index (χ1) is 9.19. The minimum absolute atomic E-state index is 0.272. The fraction of sp³-hybridized carbons (Fsp3) is 0.571. The van der Waals surface area contributed by atoms with Gasteiger partial charge in [-0.25, -0.2) is 0 Å². The molecule has 0 aromatic heterocycles. The number of hydrogen-bond acceptors (Lipinski definition) is 4. The van der Waals surface area contributed by atoms with Crippen LogP contribution in [0.1, 0.15) is 18.5 Å². The van der Waals surface area contributed by atoms with Crippen LogP contribution in [0, 0.1) is 0 Å². The van der Waals surface area contributed by atoms with Gasteiger partial charge in [0.2, 0.25) is 0 Å². The smallest absolute Gasteiger partial charge is 0.133 e. The van der Waals surface area contributed by atoms with Crippen molar-refractivity contribution in [3.05, 3.63) is 28.2 Å². The van der Waals surface area contributed by atoms with Gasteiger partial charge in [-0.15, -0.1) is 0 Å². The van der Waals surface area contributed by atoms with Crippen molar-refractivity contribution in [2.24, 2.45) is 0 Å². The first kappa shape index (κ1) is 16.4. The van der Waals surface area contributed by atoms with Gasteiger partial charge in [0.05, 0.1) is 31.4 Å². The van der Waals surface area contributed by atoms with Gasteiger partial charge in [-0.1, -0.05) is 6.07 Å². The fourth-order valence-electron chi connectivity index (χ4n) is 1.66. The molecule has 0 saturated heterocycles. The summed E-state index contributed by atoms with van der Waals surface area (Å²) < 4.78 is 16.5. The van der Waals surface area contributed by atoms with Crippen molar-refractivity contribution in [3.63, 3.8) is 0 Å². The zero-order chi connectivity index (χ0) is 14.1. The van der Waals surface area contributed by atoms with Gasteiger partial charge in [-0.2, -0.15) is 0 Å². The maximum atomic E-state index is 5.40. The predicted molar refractivity (Wildman–Crippen MR) is 79.8 cm³/mol. The summed E-state index contributed by atoms with van der Waals surface area (Å²) in [5.41, 5.74) is 1.21. The van der Waals surface area contributed by atoms with Crippen LogP contribution in [0.4, 0.5) is 0 Å². The normalized spacial score (nSPS) is 12.4. The van der Waals surface area contributed by atoms with Crippen LogP contribution in [-0.2, 0) is 9.47 Å². The Morgan fingerprint density at radius 2 is 2.00 bits per heavy atom. The van der Waals surface area contributed by atoms with Crippen LogP contribution in [0.25, 0.3) is 0 Å². The summed E-state index contributed by atoms with van der Waals surface area (Å²) in [7, 11) is 3.34. The van der Waals surface area contributed by atoms with Crippen LogP contribution in [0.2, 0.25) is 0 Å². The third kappa shape index (κ3) is 5.91. The maximum absolute atomic E-state index is 5.40. The van der Waals surface area contributed by atoms with Crippen molar-refractivity contribution in [1.29, 1.82) is 0 Å². The van der Waals surface area contributed by atoms with Gasteiger partial charge in [-0.05, 0) is 40.5 Å². The molecule has 0 radical (unpaired) electrons. The van der Waals surface area contributed by atoms with Crippen LogP contribution < -0.4 is 10.1 Å². The van der Waals surface area contributed by atoms with Crippen LogP contribution in [0.3, 0.4) is 0 Å². The Morgan fingerprint density at radius 1 is 1.21 bits per heavy atom. The second-order valence-electron chi connectivity index (χ2n) is 4.17. The van der Waals surface area contributed by atoms with Gasteiger partial charge in [-0.3, -0.25) is 0 Å². The molecule has 108 valence electrons. The molecule has 1 aromatic carbocycles. The van der Waals surface area contributed by atoms with E-state index in [-0.39, 0.29) is 6.04 Å². The van der Waals surface area contributed by atoms with Gasteiger partial charge in [0, 0.05) is 19.7 Å². The van der Waals surface area contributed by atoms with E-state index in [1.807, 2.05) is 6.07 Å². The lowest BCUT2D eigenvalue weighted by atomic mass is 10.1. The second-order valence-corrected chi connectivity index (χ2v) is 5.03. The quantitative estimate of drug-likeness (QED) is 0.706. The summed E-state index contributed by atoms with van der Waals surface area (Å²) in [4.78, 5) is 0. The minimum Gasteiger partial charge on any atom is -0.496 e. The SMILES string of the molecule is COCCOCCNC(C)c1ccc(OC)c(Br)c1. The third-order valence-electron chi connectivity index (χ3n) is 2.80. The number of hydrogen-bond donors (Lipinski definition) is 1. The van der Waals surface area contributed by atoms with Crippen molar-refractivity contribution in [2.45, 2.75) is 13.0 Å². The second kappa shape index (κ2) is 9.31. The highest BCUT2D eigenvalue weighted by Crippen LogP contribution is 2.27. The molecule has 1 N–H and O–H groups in total. The lowest BCUT2D eigenvalue weighted by Gasteiger charge is -2.15. The number of benzene rings is 1. The molecular formula is C14H22BrNO3. The van der Waals surface area contributed by atoms with E-state index in [1.165, 1.54) is 5.56 Å². The molecule has 0 fully saturated rings. The number of halogens is 1. The molecule has 0 saturated carbocycles. The van der Waals surface area contributed by atoms with E-state index in [9.17, 15) is 0 Å². The number of ether oxygens (including phenoxy) is 3. The van der Waals surface area contributed by atoms with E-state index in [1.54, 1.807) is 14.2 Å². The fourth-order valence-corrected chi connectivity index (χ4v) is 2.22. The number of rotatable bonds is 9. The van der Waals surface area contributed by atoms with Crippen molar-refractivity contribution < 1.29 is 14.2 Å². The Morgan fingerprint density at radius 3 is 2.63 bits per heavy atom. The average Bonchev–Trinajstić information content (AvgIpc) is 2.42. The molecule has 0 bridgehead atoms. The molecule has 5 heteroatoms. The Balaban J connectivity index is 2.33. The largest absolute Gasteiger partial charge is 0.496 e. The van der Waals surface area contributed by atoms with Crippen LogP contribution in [-0.4, -0.2) is 40.6 Å². The van der Waals surface area contributed by atoms with Crippen LogP contribution in [0.5, 0.6) is 5.75 Å². The van der Waals surface area contributed by atoms with Crippen molar-refractivity contribution >= 4 is 15.9 Å². The van der Waals surface area contributed by atoms with Gasteiger partial charge < -0.3 is 19.5 Å². The lowest BCUT2D eigenvalue weighted by molar-refractivity contribution is 0.0712. The molecule has 1 atom stereocenters. The van der Waals surface area contributed by atoms with Crippen molar-refractivity contribution in [1.82, 2.24) is 5.32 Å². The summed E-state index contributed by atoms with van der Waals surface area (Å²) in [6.45, 7) is 4.91. The molecule has 0 aliphatic heterocycles.